The van der Waals surface area contributed by atoms with E-state index < -0.39 is 17.3 Å². The Kier molecular flexibility index (Phi) is 6.19. The molecule has 0 saturated carbocycles. The van der Waals surface area contributed by atoms with Gasteiger partial charge in [-0.25, -0.2) is 0 Å². The molecule has 6 heteroatoms. The van der Waals surface area contributed by atoms with Crippen LogP contribution in [0.1, 0.15) is 37.4 Å². The van der Waals surface area contributed by atoms with Crippen molar-refractivity contribution in [1.82, 2.24) is 5.32 Å². The minimum absolute atomic E-state index is 0.152. The van der Waals surface area contributed by atoms with Gasteiger partial charge >= 0.3 is 6.18 Å². The van der Waals surface area contributed by atoms with Crippen molar-refractivity contribution in [3.05, 3.63) is 35.4 Å². The number of aliphatic hydroxyl groups is 1. The zero-order chi connectivity index (χ0) is 16.1. The van der Waals surface area contributed by atoms with E-state index in [4.69, 9.17) is 4.74 Å². The van der Waals surface area contributed by atoms with Crippen molar-refractivity contribution in [3.63, 3.8) is 0 Å². The third-order valence-corrected chi connectivity index (χ3v) is 3.37. The summed E-state index contributed by atoms with van der Waals surface area (Å²) >= 11 is 0. The van der Waals surface area contributed by atoms with Crippen molar-refractivity contribution >= 4 is 0 Å². The fourth-order valence-electron chi connectivity index (χ4n) is 1.86. The average molecular weight is 305 g/mol. The number of rotatable bonds is 7. The molecule has 2 unspecified atom stereocenters. The van der Waals surface area contributed by atoms with Gasteiger partial charge < -0.3 is 15.2 Å². The van der Waals surface area contributed by atoms with Crippen LogP contribution in [-0.2, 0) is 10.9 Å². The minimum atomic E-state index is -4.32. The number of halogens is 3. The van der Waals surface area contributed by atoms with Gasteiger partial charge in [-0.1, -0.05) is 12.1 Å². The third kappa shape index (κ3) is 6.03. The second-order valence-electron chi connectivity index (χ2n) is 5.46. The van der Waals surface area contributed by atoms with Crippen LogP contribution in [0.15, 0.2) is 24.3 Å². The van der Waals surface area contributed by atoms with Gasteiger partial charge in [0.15, 0.2) is 0 Å². The molecule has 0 saturated heterocycles. The number of alkyl halides is 3. The summed E-state index contributed by atoms with van der Waals surface area (Å²) in [4.78, 5) is 0. The van der Waals surface area contributed by atoms with Gasteiger partial charge in [-0.3, -0.25) is 0 Å². The molecular weight excluding hydrogens is 283 g/mol. The molecule has 1 aromatic rings. The smallest absolute Gasteiger partial charge is 0.389 e. The molecule has 0 spiro atoms. The molecule has 2 N–H and O–H groups in total. The summed E-state index contributed by atoms with van der Waals surface area (Å²) < 4.78 is 42.4. The summed E-state index contributed by atoms with van der Waals surface area (Å²) in [7, 11) is 1.56. The summed E-state index contributed by atoms with van der Waals surface area (Å²) in [5.41, 5.74) is -0.841. The molecule has 0 aromatic heterocycles. The van der Waals surface area contributed by atoms with Crippen LogP contribution in [0.5, 0.6) is 0 Å². The number of nitrogens with one attached hydrogen (secondary N) is 1. The lowest BCUT2D eigenvalue weighted by Gasteiger charge is -2.26. The van der Waals surface area contributed by atoms with E-state index in [2.05, 4.69) is 5.32 Å². The van der Waals surface area contributed by atoms with Crippen LogP contribution in [0.2, 0.25) is 0 Å². The summed E-state index contributed by atoms with van der Waals surface area (Å²) in [5, 5.41) is 13.2. The molecule has 0 bridgehead atoms. The summed E-state index contributed by atoms with van der Waals surface area (Å²) in [6, 6.07) is 4.88. The highest BCUT2D eigenvalue weighted by molar-refractivity contribution is 5.26. The SMILES string of the molecule is COCCC(C)(O)CNC(C)c1ccc(C(F)(F)F)cc1. The molecule has 0 heterocycles. The highest BCUT2D eigenvalue weighted by atomic mass is 19.4. The number of ether oxygens (including phenoxy) is 1. The highest BCUT2D eigenvalue weighted by Crippen LogP contribution is 2.29. The van der Waals surface area contributed by atoms with Gasteiger partial charge in [0.1, 0.15) is 0 Å². The van der Waals surface area contributed by atoms with Gasteiger partial charge in [-0.05, 0) is 31.5 Å². The molecule has 1 aromatic carbocycles. The summed E-state index contributed by atoms with van der Waals surface area (Å²) in [6.45, 7) is 4.31. The predicted octanol–water partition coefficient (Wildman–Crippen LogP) is 3.14. The first-order valence-corrected chi connectivity index (χ1v) is 6.77. The van der Waals surface area contributed by atoms with Crippen molar-refractivity contribution in [2.75, 3.05) is 20.3 Å². The van der Waals surface area contributed by atoms with Gasteiger partial charge in [0, 0.05) is 32.7 Å². The van der Waals surface area contributed by atoms with E-state index >= 15 is 0 Å². The largest absolute Gasteiger partial charge is 0.416 e. The Morgan fingerprint density at radius 3 is 2.29 bits per heavy atom. The van der Waals surface area contributed by atoms with E-state index in [1.54, 1.807) is 14.0 Å². The molecule has 3 nitrogen and oxygen atoms in total. The quantitative estimate of drug-likeness (QED) is 0.813. The molecule has 0 radical (unpaired) electrons. The zero-order valence-electron chi connectivity index (χ0n) is 12.5. The predicted molar refractivity (Wildman–Crippen MR) is 75.0 cm³/mol. The lowest BCUT2D eigenvalue weighted by atomic mass is 10.0. The molecule has 2 atom stereocenters. The van der Waals surface area contributed by atoms with E-state index in [1.807, 2.05) is 6.92 Å². The Balaban J connectivity index is 2.58. The van der Waals surface area contributed by atoms with Gasteiger partial charge in [0.25, 0.3) is 0 Å². The second-order valence-corrected chi connectivity index (χ2v) is 5.46. The zero-order valence-corrected chi connectivity index (χ0v) is 12.5. The summed E-state index contributed by atoms with van der Waals surface area (Å²) in [6.07, 6.45) is -3.84. The van der Waals surface area contributed by atoms with E-state index in [0.717, 1.165) is 17.7 Å². The van der Waals surface area contributed by atoms with Crippen LogP contribution < -0.4 is 5.32 Å². The number of benzene rings is 1. The molecular formula is C15H22F3NO2. The van der Waals surface area contributed by atoms with E-state index in [1.165, 1.54) is 12.1 Å². The Bertz CT molecular complexity index is 430. The van der Waals surface area contributed by atoms with Gasteiger partial charge in [0.2, 0.25) is 0 Å². The fraction of sp³-hybridized carbons (Fsp3) is 0.600. The van der Waals surface area contributed by atoms with Gasteiger partial charge in [-0.2, -0.15) is 13.2 Å². The van der Waals surface area contributed by atoms with Gasteiger partial charge in [-0.15, -0.1) is 0 Å². The van der Waals surface area contributed by atoms with Crippen LogP contribution in [-0.4, -0.2) is 31.0 Å². The maximum absolute atomic E-state index is 12.5. The first-order valence-electron chi connectivity index (χ1n) is 6.77. The molecule has 0 fully saturated rings. The normalized spacial score (nSPS) is 16.5. The van der Waals surface area contributed by atoms with E-state index in [0.29, 0.717) is 19.6 Å². The summed E-state index contributed by atoms with van der Waals surface area (Å²) in [5.74, 6) is 0. The maximum Gasteiger partial charge on any atom is 0.416 e. The molecule has 0 aliphatic heterocycles. The van der Waals surface area contributed by atoms with Crippen LogP contribution in [0, 0.1) is 0 Å². The minimum Gasteiger partial charge on any atom is -0.389 e. The Morgan fingerprint density at radius 2 is 1.81 bits per heavy atom. The maximum atomic E-state index is 12.5. The van der Waals surface area contributed by atoms with Crippen LogP contribution in [0.3, 0.4) is 0 Å². The molecule has 1 rings (SSSR count). The number of methoxy groups -OCH3 is 1. The Labute approximate surface area is 123 Å². The van der Waals surface area contributed by atoms with Crippen molar-refractivity contribution in [3.8, 4) is 0 Å². The first kappa shape index (κ1) is 17.9. The lowest BCUT2D eigenvalue weighted by molar-refractivity contribution is -0.137. The first-order chi connectivity index (χ1) is 9.65. The molecule has 0 aliphatic rings. The number of hydrogen-bond donors (Lipinski definition) is 2. The van der Waals surface area contributed by atoms with Crippen molar-refractivity contribution < 1.29 is 23.0 Å². The van der Waals surface area contributed by atoms with Crippen molar-refractivity contribution in [2.45, 2.75) is 38.1 Å². The van der Waals surface area contributed by atoms with Crippen LogP contribution >= 0.6 is 0 Å². The Hall–Kier alpha value is -1.11. The standard InChI is InChI=1S/C15H22F3NO2/c1-11(19-10-14(2,20)8-9-21-3)12-4-6-13(7-5-12)15(16,17)18/h4-7,11,19-20H,8-10H2,1-3H3. The van der Waals surface area contributed by atoms with Crippen molar-refractivity contribution in [2.24, 2.45) is 0 Å². The Morgan fingerprint density at radius 1 is 1.24 bits per heavy atom. The van der Waals surface area contributed by atoms with Gasteiger partial charge in [0.05, 0.1) is 11.2 Å². The monoisotopic (exact) mass is 305 g/mol. The lowest BCUT2D eigenvalue weighted by Crippen LogP contribution is -2.39. The van der Waals surface area contributed by atoms with Crippen LogP contribution in [0.4, 0.5) is 13.2 Å². The molecule has 21 heavy (non-hydrogen) atoms. The van der Waals surface area contributed by atoms with Crippen LogP contribution in [0.25, 0.3) is 0 Å². The highest BCUT2D eigenvalue weighted by Gasteiger charge is 2.30. The fourth-order valence-corrected chi connectivity index (χ4v) is 1.86. The molecule has 120 valence electrons. The molecule has 0 aliphatic carbocycles. The average Bonchev–Trinajstić information content (AvgIpc) is 2.42. The van der Waals surface area contributed by atoms with E-state index in [9.17, 15) is 18.3 Å². The second kappa shape index (κ2) is 7.24. The number of hydrogen-bond acceptors (Lipinski definition) is 3. The topological polar surface area (TPSA) is 41.5 Å². The van der Waals surface area contributed by atoms with E-state index in [-0.39, 0.29) is 6.04 Å². The third-order valence-electron chi connectivity index (χ3n) is 3.37. The molecule has 0 amide bonds. The van der Waals surface area contributed by atoms with Crippen molar-refractivity contribution in [1.29, 1.82) is 0 Å².